The van der Waals surface area contributed by atoms with Crippen LogP contribution in [0.25, 0.3) is 0 Å². The van der Waals surface area contributed by atoms with Crippen LogP contribution in [0.3, 0.4) is 0 Å². The van der Waals surface area contributed by atoms with Gasteiger partial charge in [-0.25, -0.2) is 8.78 Å². The first-order valence-corrected chi connectivity index (χ1v) is 5.92. The van der Waals surface area contributed by atoms with Crippen LogP contribution in [0.2, 0.25) is 0 Å². The maximum Gasteiger partial charge on any atom is 0.251 e. The molecule has 7 heteroatoms. The molecule has 2 N–H and O–H groups in total. The molecule has 0 aliphatic heterocycles. The van der Waals surface area contributed by atoms with Crippen molar-refractivity contribution >= 4 is 11.7 Å². The third-order valence-electron chi connectivity index (χ3n) is 2.24. The summed E-state index contributed by atoms with van der Waals surface area (Å²) in [5.41, 5.74) is 0. The Morgan fingerprint density at radius 3 is 2.63 bits per heavy atom. The quantitative estimate of drug-likeness (QED) is 0.781. The zero-order valence-electron chi connectivity index (χ0n) is 10.8. The summed E-state index contributed by atoms with van der Waals surface area (Å²) >= 11 is 0. The summed E-state index contributed by atoms with van der Waals surface area (Å²) in [6, 6.07) is 0.406. The maximum atomic E-state index is 13.2. The van der Waals surface area contributed by atoms with Gasteiger partial charge in [-0.3, -0.25) is 4.79 Å². The molecule has 1 rings (SSSR count). The van der Waals surface area contributed by atoms with E-state index in [2.05, 4.69) is 15.6 Å². The maximum absolute atomic E-state index is 13.2. The van der Waals surface area contributed by atoms with Gasteiger partial charge in [0.05, 0.1) is 0 Å². The molecule has 0 aromatic carbocycles. The molecule has 0 aliphatic carbocycles. The van der Waals surface area contributed by atoms with Crippen LogP contribution in [0.4, 0.5) is 19.0 Å². The third kappa shape index (κ3) is 5.15. The number of hydrogen-bond donors (Lipinski definition) is 2. The average molecular weight is 275 g/mol. The summed E-state index contributed by atoms with van der Waals surface area (Å²) in [6.45, 7) is 4.55. The van der Waals surface area contributed by atoms with Gasteiger partial charge in [-0.1, -0.05) is 13.8 Å². The van der Waals surface area contributed by atoms with Gasteiger partial charge in [0.25, 0.3) is 5.95 Å². The number of carbonyl (C=O) groups excluding carboxylic acids is 1. The van der Waals surface area contributed by atoms with Crippen LogP contribution in [-0.4, -0.2) is 24.0 Å². The number of anilines is 1. The van der Waals surface area contributed by atoms with Crippen molar-refractivity contribution in [3.05, 3.63) is 23.6 Å². The number of amides is 1. The molecular weight excluding hydrogens is 259 g/mol. The molecule has 106 valence electrons. The minimum Gasteiger partial charge on any atom is -0.367 e. The van der Waals surface area contributed by atoms with Crippen molar-refractivity contribution in [1.82, 2.24) is 10.3 Å². The van der Waals surface area contributed by atoms with Crippen LogP contribution in [0.1, 0.15) is 20.3 Å². The Balaban J connectivity index is 2.41. The van der Waals surface area contributed by atoms with Crippen molar-refractivity contribution in [3.8, 4) is 0 Å². The van der Waals surface area contributed by atoms with Gasteiger partial charge in [0.2, 0.25) is 5.91 Å². The standard InChI is InChI=1S/C12H16F3N3O/c1-7(2)6-17-10(19)3-4-16-12-9(14)5-8(13)11(15)18-12/h5,7H,3-4,6H2,1-2H3,(H,16,18)(H,17,19). The van der Waals surface area contributed by atoms with E-state index < -0.39 is 23.4 Å². The first-order chi connectivity index (χ1) is 8.90. The topological polar surface area (TPSA) is 54.0 Å². The highest BCUT2D eigenvalue weighted by Gasteiger charge is 2.11. The largest absolute Gasteiger partial charge is 0.367 e. The predicted octanol–water partition coefficient (Wildman–Crippen LogP) is 2.07. The molecular formula is C12H16F3N3O. The first-order valence-electron chi connectivity index (χ1n) is 5.92. The molecule has 0 fully saturated rings. The van der Waals surface area contributed by atoms with Crippen molar-refractivity contribution in [3.63, 3.8) is 0 Å². The molecule has 0 aliphatic rings. The van der Waals surface area contributed by atoms with Crippen molar-refractivity contribution < 1.29 is 18.0 Å². The van der Waals surface area contributed by atoms with E-state index in [1.165, 1.54) is 0 Å². The highest BCUT2D eigenvalue weighted by molar-refractivity contribution is 5.76. The van der Waals surface area contributed by atoms with Gasteiger partial charge in [-0.05, 0) is 5.92 Å². The summed E-state index contributed by atoms with van der Waals surface area (Å²) in [4.78, 5) is 14.4. The number of rotatable bonds is 6. The minimum atomic E-state index is -1.38. The van der Waals surface area contributed by atoms with Crippen molar-refractivity contribution in [2.45, 2.75) is 20.3 Å². The van der Waals surface area contributed by atoms with Crippen molar-refractivity contribution in [1.29, 1.82) is 0 Å². The van der Waals surface area contributed by atoms with E-state index >= 15 is 0 Å². The Hall–Kier alpha value is -1.79. The van der Waals surface area contributed by atoms with Crippen LogP contribution in [0.5, 0.6) is 0 Å². The summed E-state index contributed by atoms with van der Waals surface area (Å²) in [5.74, 6) is -4.01. The number of pyridine rings is 1. The van der Waals surface area contributed by atoms with Crippen LogP contribution in [0, 0.1) is 23.5 Å². The van der Waals surface area contributed by atoms with Gasteiger partial charge in [0.15, 0.2) is 17.5 Å². The lowest BCUT2D eigenvalue weighted by molar-refractivity contribution is -0.120. The second-order valence-electron chi connectivity index (χ2n) is 4.47. The lowest BCUT2D eigenvalue weighted by atomic mass is 10.2. The van der Waals surface area contributed by atoms with Gasteiger partial charge in [0, 0.05) is 25.6 Å². The second-order valence-corrected chi connectivity index (χ2v) is 4.47. The zero-order chi connectivity index (χ0) is 14.4. The Kier molecular flexibility index (Phi) is 5.59. The number of nitrogens with one attached hydrogen (secondary N) is 2. The summed E-state index contributed by atoms with van der Waals surface area (Å²) in [6.07, 6.45) is 0.0901. The summed E-state index contributed by atoms with van der Waals surface area (Å²) in [7, 11) is 0. The summed E-state index contributed by atoms with van der Waals surface area (Å²) in [5, 5.41) is 5.12. The summed E-state index contributed by atoms with van der Waals surface area (Å²) < 4.78 is 38.6. The van der Waals surface area contributed by atoms with Crippen LogP contribution in [-0.2, 0) is 4.79 Å². The van der Waals surface area contributed by atoms with Gasteiger partial charge >= 0.3 is 0 Å². The SMILES string of the molecule is CC(C)CNC(=O)CCNc1nc(F)c(F)cc1F. The Morgan fingerprint density at radius 1 is 1.32 bits per heavy atom. The van der Waals surface area contributed by atoms with Crippen LogP contribution in [0.15, 0.2) is 6.07 Å². The molecule has 0 atom stereocenters. The smallest absolute Gasteiger partial charge is 0.251 e. The minimum absolute atomic E-state index is 0.0823. The average Bonchev–Trinajstić information content (AvgIpc) is 2.33. The normalized spacial score (nSPS) is 10.6. The van der Waals surface area contributed by atoms with E-state index in [0.717, 1.165) is 0 Å². The highest BCUT2D eigenvalue weighted by atomic mass is 19.2. The molecule has 0 unspecified atom stereocenters. The fourth-order valence-corrected chi connectivity index (χ4v) is 1.27. The third-order valence-corrected chi connectivity index (χ3v) is 2.24. The number of carbonyl (C=O) groups is 1. The molecule has 0 saturated heterocycles. The molecule has 0 spiro atoms. The zero-order valence-corrected chi connectivity index (χ0v) is 10.8. The first kappa shape index (κ1) is 15.3. The molecule has 1 heterocycles. The van der Waals surface area contributed by atoms with Crippen molar-refractivity contribution in [2.75, 3.05) is 18.4 Å². The van der Waals surface area contributed by atoms with Gasteiger partial charge in [0.1, 0.15) is 0 Å². The lowest BCUT2D eigenvalue weighted by Gasteiger charge is -2.09. The number of hydrogen-bond acceptors (Lipinski definition) is 3. The monoisotopic (exact) mass is 275 g/mol. The van der Waals surface area contributed by atoms with E-state index in [0.29, 0.717) is 18.5 Å². The molecule has 0 saturated carbocycles. The Morgan fingerprint density at radius 2 is 2.00 bits per heavy atom. The Bertz CT molecular complexity index is 452. The fourth-order valence-electron chi connectivity index (χ4n) is 1.27. The molecule has 1 aromatic heterocycles. The molecule has 0 radical (unpaired) electrons. The predicted molar refractivity (Wildman–Crippen MR) is 65.1 cm³/mol. The van der Waals surface area contributed by atoms with E-state index in [9.17, 15) is 18.0 Å². The van der Waals surface area contributed by atoms with Gasteiger partial charge in [-0.2, -0.15) is 9.37 Å². The van der Waals surface area contributed by atoms with E-state index in [4.69, 9.17) is 0 Å². The van der Waals surface area contributed by atoms with E-state index in [1.54, 1.807) is 0 Å². The van der Waals surface area contributed by atoms with Gasteiger partial charge in [-0.15, -0.1) is 0 Å². The molecule has 4 nitrogen and oxygen atoms in total. The van der Waals surface area contributed by atoms with Gasteiger partial charge < -0.3 is 10.6 Å². The number of aromatic nitrogens is 1. The fraction of sp³-hybridized carbons (Fsp3) is 0.500. The molecule has 0 bridgehead atoms. The van der Waals surface area contributed by atoms with Crippen LogP contribution >= 0.6 is 0 Å². The lowest BCUT2D eigenvalue weighted by Crippen LogP contribution is -2.28. The highest BCUT2D eigenvalue weighted by Crippen LogP contribution is 2.13. The molecule has 19 heavy (non-hydrogen) atoms. The van der Waals surface area contributed by atoms with Crippen LogP contribution < -0.4 is 10.6 Å². The van der Waals surface area contributed by atoms with Crippen molar-refractivity contribution in [2.24, 2.45) is 5.92 Å². The Labute approximate surface area is 109 Å². The second kappa shape index (κ2) is 6.96. The molecule has 1 aromatic rings. The number of nitrogens with zero attached hydrogens (tertiary/aromatic N) is 1. The van der Waals surface area contributed by atoms with E-state index in [-0.39, 0.29) is 18.9 Å². The number of halogens is 3. The van der Waals surface area contributed by atoms with E-state index in [1.807, 2.05) is 13.8 Å². The molecule has 1 amide bonds.